The second-order valence-electron chi connectivity index (χ2n) is 3.16. The van der Waals surface area contributed by atoms with Crippen molar-refractivity contribution >= 4 is 12.0 Å². The number of aryl methyl sites for hydroxylation is 1. The Morgan fingerprint density at radius 2 is 2.31 bits per heavy atom. The summed E-state index contributed by atoms with van der Waals surface area (Å²) in [6.45, 7) is 1.63. The van der Waals surface area contributed by atoms with Gasteiger partial charge in [-0.25, -0.2) is 0 Å². The molecule has 0 saturated carbocycles. The number of carbonyl (C=O) groups is 1. The van der Waals surface area contributed by atoms with Crippen LogP contribution in [0.2, 0.25) is 0 Å². The van der Waals surface area contributed by atoms with Gasteiger partial charge >= 0.3 is 6.21 Å². The van der Waals surface area contributed by atoms with Gasteiger partial charge < -0.3 is 10.1 Å². The molecule has 1 heterocycles. The highest BCUT2D eigenvalue weighted by molar-refractivity contribution is 6.34. The summed E-state index contributed by atoms with van der Waals surface area (Å²) >= 11 is 0. The molecule has 0 fully saturated rings. The molecule has 0 unspecified atom stereocenters. The van der Waals surface area contributed by atoms with Crippen molar-refractivity contribution in [2.45, 2.75) is 6.92 Å². The molecule has 0 aliphatic rings. The fourth-order valence-electron chi connectivity index (χ4n) is 1.25. The van der Waals surface area contributed by atoms with Gasteiger partial charge in [0.1, 0.15) is 11.6 Å². The molecule has 0 radical (unpaired) electrons. The molecule has 1 aromatic heterocycles. The van der Waals surface area contributed by atoms with E-state index in [-0.39, 0.29) is 11.1 Å². The minimum Gasteiger partial charge on any atom is -0.361 e. The summed E-state index contributed by atoms with van der Waals surface area (Å²) in [5, 5.41) is 8.81. The Morgan fingerprint density at radius 1 is 1.69 bits per heavy atom. The Labute approximate surface area is 91.0 Å². The number of rotatable bonds is 2. The lowest BCUT2D eigenvalue weighted by atomic mass is 10.1. The normalized spacial score (nSPS) is 9.06. The van der Waals surface area contributed by atoms with Gasteiger partial charge in [0.15, 0.2) is 0 Å². The lowest BCUT2D eigenvalue weighted by Gasteiger charge is -2.05. The molecule has 0 spiro atoms. The lowest BCUT2D eigenvalue weighted by Crippen LogP contribution is -2.25. The highest BCUT2D eigenvalue weighted by atomic mass is 16.1. The third-order valence-corrected chi connectivity index (χ3v) is 2.22. The predicted molar refractivity (Wildman–Crippen MR) is 55.1 cm³/mol. The first-order chi connectivity index (χ1) is 7.52. The summed E-state index contributed by atoms with van der Waals surface area (Å²) in [4.78, 5) is 25.6. The van der Waals surface area contributed by atoms with Gasteiger partial charge in [-0.2, -0.15) is 10.1 Å². The minimum atomic E-state index is -0.681. The Balaban J connectivity index is 3.66. The molecule has 0 bridgehead atoms. The van der Waals surface area contributed by atoms with E-state index >= 15 is 0 Å². The first-order valence-corrected chi connectivity index (χ1v) is 4.35. The molecule has 80 valence electrons. The van der Waals surface area contributed by atoms with E-state index in [1.807, 2.05) is 0 Å². The quantitative estimate of drug-likeness (QED) is 0.302. The molecular weight excluding hydrogens is 208 g/mol. The van der Waals surface area contributed by atoms with Crippen LogP contribution in [-0.4, -0.2) is 21.4 Å². The van der Waals surface area contributed by atoms with Gasteiger partial charge in [-0.3, -0.25) is 9.59 Å². The van der Waals surface area contributed by atoms with Crippen LogP contribution in [0.3, 0.4) is 0 Å². The number of nitrogens with zero attached hydrogens (tertiary/aromatic N) is 4. The van der Waals surface area contributed by atoms with Crippen molar-refractivity contribution in [3.8, 4) is 6.07 Å². The molecule has 16 heavy (non-hydrogen) atoms. The number of hydrogen-bond donors (Lipinski definition) is 0. The van der Waals surface area contributed by atoms with Gasteiger partial charge in [-0.1, -0.05) is 0 Å². The topological polar surface area (TPSA) is 99.3 Å². The monoisotopic (exact) mass is 216 g/mol. The highest BCUT2D eigenvalue weighted by Crippen LogP contribution is 2.06. The molecule has 1 aromatic rings. The van der Waals surface area contributed by atoms with Gasteiger partial charge in [-0.05, 0) is 13.0 Å². The number of Topliss-reactive ketones (excluding diaryl/α,β-unsaturated/α-hetero) is 1. The Morgan fingerprint density at radius 3 is 2.81 bits per heavy atom. The Bertz CT molecular complexity index is 600. The van der Waals surface area contributed by atoms with Crippen LogP contribution in [0, 0.1) is 18.3 Å². The average Bonchev–Trinajstić information content (AvgIpc) is 2.26. The standard InChI is InChI=1S/C10H8N4O2/c1-6-3-7(9(15)5-13-12)8(4-11)10(16)14(6)2/h3,5H,1-2H3. The molecule has 6 heteroatoms. The molecule has 0 amide bonds. The van der Waals surface area contributed by atoms with Crippen molar-refractivity contribution in [1.29, 1.82) is 5.26 Å². The van der Waals surface area contributed by atoms with Crippen molar-refractivity contribution in [2.75, 3.05) is 0 Å². The van der Waals surface area contributed by atoms with Crippen molar-refractivity contribution < 1.29 is 9.58 Å². The van der Waals surface area contributed by atoms with Crippen LogP contribution in [0.1, 0.15) is 21.6 Å². The zero-order chi connectivity index (χ0) is 12.3. The molecule has 0 N–H and O–H groups in total. The maximum atomic E-state index is 11.6. The lowest BCUT2D eigenvalue weighted by molar-refractivity contribution is 0.00234. The number of hydrogen-bond acceptors (Lipinski definition) is 3. The van der Waals surface area contributed by atoms with Gasteiger partial charge in [0.25, 0.3) is 11.3 Å². The van der Waals surface area contributed by atoms with Crippen molar-refractivity contribution in [3.05, 3.63) is 38.8 Å². The fourth-order valence-corrected chi connectivity index (χ4v) is 1.25. The number of pyridine rings is 1. The van der Waals surface area contributed by atoms with Crippen LogP contribution in [0.25, 0.3) is 5.53 Å². The molecule has 0 aliphatic carbocycles. The second kappa shape index (κ2) is 4.34. The van der Waals surface area contributed by atoms with Crippen molar-refractivity contribution in [1.82, 2.24) is 4.57 Å². The van der Waals surface area contributed by atoms with Crippen LogP contribution in [0.4, 0.5) is 0 Å². The number of nitriles is 1. The van der Waals surface area contributed by atoms with E-state index in [1.54, 1.807) is 13.0 Å². The molecule has 6 nitrogen and oxygen atoms in total. The number of ketones is 1. The molecule has 0 aliphatic heterocycles. The maximum absolute atomic E-state index is 11.6. The summed E-state index contributed by atoms with van der Waals surface area (Å²) in [5.41, 5.74) is 7.93. The summed E-state index contributed by atoms with van der Waals surface area (Å²) in [5.74, 6) is -0.681. The van der Waals surface area contributed by atoms with E-state index < -0.39 is 11.3 Å². The summed E-state index contributed by atoms with van der Waals surface area (Å²) in [6, 6.07) is 3.08. The van der Waals surface area contributed by atoms with Gasteiger partial charge in [0.05, 0.1) is 5.56 Å². The SMILES string of the molecule is Cc1cc(C(=O)C=[N+]=[N-])c(C#N)c(=O)n1C. The summed E-state index contributed by atoms with van der Waals surface area (Å²) in [6.07, 6.45) is 0.648. The fraction of sp³-hybridized carbons (Fsp3) is 0.200. The minimum absolute atomic E-state index is 0.0547. The van der Waals surface area contributed by atoms with E-state index in [9.17, 15) is 9.59 Å². The third-order valence-electron chi connectivity index (χ3n) is 2.22. The first kappa shape index (κ1) is 11.6. The zero-order valence-electron chi connectivity index (χ0n) is 8.76. The van der Waals surface area contributed by atoms with Gasteiger partial charge in [0.2, 0.25) is 0 Å². The van der Waals surface area contributed by atoms with Crippen molar-refractivity contribution in [3.63, 3.8) is 0 Å². The summed E-state index contributed by atoms with van der Waals surface area (Å²) in [7, 11) is 1.51. The van der Waals surface area contributed by atoms with Crippen LogP contribution >= 0.6 is 0 Å². The van der Waals surface area contributed by atoms with E-state index in [0.29, 0.717) is 11.9 Å². The second-order valence-corrected chi connectivity index (χ2v) is 3.16. The largest absolute Gasteiger partial charge is 0.361 e. The molecule has 0 saturated heterocycles. The zero-order valence-corrected chi connectivity index (χ0v) is 8.76. The number of aromatic nitrogens is 1. The van der Waals surface area contributed by atoms with Gasteiger partial charge in [-0.15, -0.1) is 0 Å². The van der Waals surface area contributed by atoms with Crippen LogP contribution in [0.5, 0.6) is 0 Å². The first-order valence-electron chi connectivity index (χ1n) is 4.35. The van der Waals surface area contributed by atoms with Crippen LogP contribution in [-0.2, 0) is 7.05 Å². The molecule has 0 atom stereocenters. The van der Waals surface area contributed by atoms with E-state index in [2.05, 4.69) is 4.79 Å². The highest BCUT2D eigenvalue weighted by Gasteiger charge is 2.17. The smallest absolute Gasteiger partial charge is 0.328 e. The average molecular weight is 216 g/mol. The van der Waals surface area contributed by atoms with E-state index in [4.69, 9.17) is 10.8 Å². The molecule has 0 aromatic carbocycles. The van der Waals surface area contributed by atoms with Crippen LogP contribution in [0.15, 0.2) is 10.9 Å². The van der Waals surface area contributed by atoms with E-state index in [0.717, 1.165) is 0 Å². The predicted octanol–water partition coefficient (Wildman–Crippen LogP) is 0.0487. The summed E-state index contributed by atoms with van der Waals surface area (Å²) < 4.78 is 1.27. The third kappa shape index (κ3) is 1.80. The Kier molecular flexibility index (Phi) is 3.14. The molecule has 1 rings (SSSR count). The van der Waals surface area contributed by atoms with Crippen molar-refractivity contribution in [2.24, 2.45) is 7.05 Å². The van der Waals surface area contributed by atoms with Crippen LogP contribution < -0.4 is 5.56 Å². The molecular formula is C10H8N4O2. The van der Waals surface area contributed by atoms with E-state index in [1.165, 1.54) is 17.7 Å². The van der Waals surface area contributed by atoms with Gasteiger partial charge in [0, 0.05) is 12.7 Å². The number of carbonyl (C=O) groups excluding carboxylic acids is 1. The maximum Gasteiger partial charge on any atom is 0.328 e. The Hall–Kier alpha value is -2.51.